The van der Waals surface area contributed by atoms with Crippen molar-refractivity contribution in [1.82, 2.24) is 14.9 Å². The van der Waals surface area contributed by atoms with Crippen molar-refractivity contribution >= 4 is 16.9 Å². The minimum atomic E-state index is -0.833. The van der Waals surface area contributed by atoms with Gasteiger partial charge < -0.3 is 14.6 Å². The first-order valence-corrected chi connectivity index (χ1v) is 8.31. The number of amides is 1. The highest BCUT2D eigenvalue weighted by Gasteiger charge is 2.09. The Labute approximate surface area is 149 Å². The third-order valence-corrected chi connectivity index (χ3v) is 3.98. The van der Waals surface area contributed by atoms with E-state index in [1.54, 1.807) is 0 Å². The molecule has 1 aromatic heterocycles. The van der Waals surface area contributed by atoms with Crippen molar-refractivity contribution < 1.29 is 18.3 Å². The van der Waals surface area contributed by atoms with Gasteiger partial charge in [0.25, 0.3) is 5.91 Å². The highest BCUT2D eigenvalue weighted by atomic mass is 19.1. The number of nitrogens with zero attached hydrogens (tertiary/aromatic N) is 2. The molecule has 5 nitrogen and oxygen atoms in total. The van der Waals surface area contributed by atoms with Crippen LogP contribution in [0.15, 0.2) is 42.5 Å². The predicted octanol–water partition coefficient (Wildman–Crippen LogP) is 3.21. The Morgan fingerprint density at radius 3 is 2.85 bits per heavy atom. The summed E-state index contributed by atoms with van der Waals surface area (Å²) in [6.45, 7) is 2.80. The van der Waals surface area contributed by atoms with Crippen LogP contribution in [-0.2, 0) is 11.3 Å². The summed E-state index contributed by atoms with van der Waals surface area (Å²) in [6.07, 6.45) is 0.720. The zero-order chi connectivity index (χ0) is 18.5. The number of hydrogen-bond donors (Lipinski definition) is 1. The summed E-state index contributed by atoms with van der Waals surface area (Å²) in [6, 6.07) is 10.8. The van der Waals surface area contributed by atoms with Crippen LogP contribution in [0.5, 0.6) is 5.75 Å². The topological polar surface area (TPSA) is 56.2 Å². The van der Waals surface area contributed by atoms with Crippen LogP contribution < -0.4 is 10.1 Å². The number of benzene rings is 2. The van der Waals surface area contributed by atoms with E-state index in [0.29, 0.717) is 12.6 Å². The number of ether oxygens (including phenoxy) is 1. The van der Waals surface area contributed by atoms with E-state index >= 15 is 0 Å². The van der Waals surface area contributed by atoms with Gasteiger partial charge in [-0.25, -0.2) is 13.8 Å². The Balaban J connectivity index is 1.44. The number of para-hydroxylation sites is 2. The zero-order valence-corrected chi connectivity index (χ0v) is 14.3. The van der Waals surface area contributed by atoms with Crippen molar-refractivity contribution in [3.8, 4) is 5.75 Å². The number of fused-ring (bicyclic) bond motifs is 1. The summed E-state index contributed by atoms with van der Waals surface area (Å²) in [5.41, 5.74) is 2.01. The number of aromatic nitrogens is 2. The smallest absolute Gasteiger partial charge is 0.257 e. The fourth-order valence-electron chi connectivity index (χ4n) is 2.73. The number of carbonyl (C=O) groups is 1. The molecule has 0 saturated heterocycles. The number of halogens is 2. The van der Waals surface area contributed by atoms with Crippen molar-refractivity contribution in [3.63, 3.8) is 0 Å². The van der Waals surface area contributed by atoms with E-state index in [1.165, 1.54) is 0 Å². The van der Waals surface area contributed by atoms with Gasteiger partial charge >= 0.3 is 0 Å². The molecule has 0 atom stereocenters. The van der Waals surface area contributed by atoms with Gasteiger partial charge in [-0.05, 0) is 37.6 Å². The highest BCUT2D eigenvalue weighted by Crippen LogP contribution is 2.17. The summed E-state index contributed by atoms with van der Waals surface area (Å²) >= 11 is 0. The van der Waals surface area contributed by atoms with Gasteiger partial charge in [0.15, 0.2) is 18.2 Å². The van der Waals surface area contributed by atoms with E-state index in [4.69, 9.17) is 4.74 Å². The maximum absolute atomic E-state index is 13.4. The van der Waals surface area contributed by atoms with E-state index < -0.39 is 11.6 Å². The molecular formula is C19H19F2N3O2. The second-order valence-electron chi connectivity index (χ2n) is 5.87. The molecule has 0 spiro atoms. The van der Waals surface area contributed by atoms with Crippen LogP contribution in [0, 0.1) is 18.6 Å². The molecule has 0 saturated carbocycles. The Kier molecular flexibility index (Phi) is 5.46. The molecule has 0 aliphatic carbocycles. The summed E-state index contributed by atoms with van der Waals surface area (Å²) in [7, 11) is 0. The lowest BCUT2D eigenvalue weighted by molar-refractivity contribution is -0.123. The monoisotopic (exact) mass is 359 g/mol. The summed E-state index contributed by atoms with van der Waals surface area (Å²) in [5.74, 6) is -1.11. The van der Waals surface area contributed by atoms with Crippen molar-refractivity contribution in [1.29, 1.82) is 0 Å². The molecule has 26 heavy (non-hydrogen) atoms. The van der Waals surface area contributed by atoms with Crippen molar-refractivity contribution in [2.24, 2.45) is 0 Å². The first-order chi connectivity index (χ1) is 12.5. The van der Waals surface area contributed by atoms with Gasteiger partial charge in [0.05, 0.1) is 11.0 Å². The molecule has 1 N–H and O–H groups in total. The minimum absolute atomic E-state index is 0.151. The van der Waals surface area contributed by atoms with Crippen molar-refractivity contribution in [3.05, 3.63) is 59.9 Å². The summed E-state index contributed by atoms with van der Waals surface area (Å²) in [5, 5.41) is 2.72. The molecule has 3 aromatic rings. The molecule has 136 valence electrons. The normalized spacial score (nSPS) is 10.9. The molecule has 0 aliphatic heterocycles. The van der Waals surface area contributed by atoms with Gasteiger partial charge in [0, 0.05) is 19.2 Å². The molecule has 0 bridgehead atoms. The van der Waals surface area contributed by atoms with Crippen molar-refractivity contribution in [2.75, 3.05) is 13.2 Å². The second-order valence-corrected chi connectivity index (χ2v) is 5.87. The fraction of sp³-hybridized carbons (Fsp3) is 0.263. The molecule has 2 aromatic carbocycles. The zero-order valence-electron chi connectivity index (χ0n) is 14.3. The number of aryl methyl sites for hydroxylation is 2. The second kappa shape index (κ2) is 7.95. The first kappa shape index (κ1) is 17.8. The van der Waals surface area contributed by atoms with E-state index in [9.17, 15) is 13.6 Å². The number of rotatable bonds is 7. The predicted molar refractivity (Wildman–Crippen MR) is 93.9 cm³/mol. The molecule has 0 radical (unpaired) electrons. The average molecular weight is 359 g/mol. The maximum atomic E-state index is 13.4. The Hall–Kier alpha value is -2.96. The SMILES string of the molecule is Cc1nc2ccccc2n1CCCNC(=O)COc1ccc(F)cc1F. The minimum Gasteiger partial charge on any atom is -0.481 e. The van der Waals surface area contributed by atoms with E-state index in [-0.39, 0.29) is 18.3 Å². The van der Waals surface area contributed by atoms with Gasteiger partial charge in [-0.15, -0.1) is 0 Å². The standard InChI is InChI=1S/C19H19F2N3O2/c1-13-23-16-5-2-3-6-17(16)24(13)10-4-9-22-19(25)12-26-18-8-7-14(20)11-15(18)21/h2-3,5-8,11H,4,9-10,12H2,1H3,(H,22,25). The largest absolute Gasteiger partial charge is 0.481 e. The van der Waals surface area contributed by atoms with E-state index in [2.05, 4.69) is 14.9 Å². The quantitative estimate of drug-likeness (QED) is 0.659. The summed E-state index contributed by atoms with van der Waals surface area (Å²) < 4.78 is 33.4. The molecule has 7 heteroatoms. The molecule has 1 heterocycles. The molecule has 0 unspecified atom stereocenters. The third kappa shape index (κ3) is 4.17. The Morgan fingerprint density at radius 1 is 1.23 bits per heavy atom. The van der Waals surface area contributed by atoms with Crippen LogP contribution in [0.4, 0.5) is 8.78 Å². The third-order valence-electron chi connectivity index (χ3n) is 3.98. The van der Waals surface area contributed by atoms with Crippen LogP contribution in [0.3, 0.4) is 0 Å². The Bertz CT molecular complexity index is 924. The molecule has 3 rings (SSSR count). The number of carbonyl (C=O) groups excluding carboxylic acids is 1. The average Bonchev–Trinajstić information content (AvgIpc) is 2.93. The Morgan fingerprint density at radius 2 is 2.04 bits per heavy atom. The number of nitrogens with one attached hydrogen (secondary N) is 1. The maximum Gasteiger partial charge on any atom is 0.257 e. The lowest BCUT2D eigenvalue weighted by Crippen LogP contribution is -2.30. The van der Waals surface area contributed by atoms with Gasteiger partial charge in [-0.2, -0.15) is 0 Å². The molecular weight excluding hydrogens is 340 g/mol. The first-order valence-electron chi connectivity index (χ1n) is 8.31. The van der Waals surface area contributed by atoms with E-state index in [1.807, 2.05) is 31.2 Å². The van der Waals surface area contributed by atoms with Crippen molar-refractivity contribution in [2.45, 2.75) is 19.9 Å². The number of hydrogen-bond acceptors (Lipinski definition) is 3. The van der Waals surface area contributed by atoms with Gasteiger partial charge in [0.2, 0.25) is 0 Å². The van der Waals surface area contributed by atoms with Crippen LogP contribution in [0.1, 0.15) is 12.2 Å². The molecule has 0 aliphatic rings. The fourth-order valence-corrected chi connectivity index (χ4v) is 2.73. The summed E-state index contributed by atoms with van der Waals surface area (Å²) in [4.78, 5) is 16.3. The highest BCUT2D eigenvalue weighted by molar-refractivity contribution is 5.77. The lowest BCUT2D eigenvalue weighted by atomic mass is 10.3. The van der Waals surface area contributed by atoms with Gasteiger partial charge in [-0.1, -0.05) is 12.1 Å². The van der Waals surface area contributed by atoms with E-state index in [0.717, 1.165) is 42.0 Å². The van der Waals surface area contributed by atoms with Crippen LogP contribution >= 0.6 is 0 Å². The molecule has 1 amide bonds. The van der Waals surface area contributed by atoms with Crippen LogP contribution in [0.2, 0.25) is 0 Å². The molecule has 0 fully saturated rings. The van der Waals surface area contributed by atoms with Gasteiger partial charge in [-0.3, -0.25) is 4.79 Å². The number of imidazole rings is 1. The van der Waals surface area contributed by atoms with Gasteiger partial charge in [0.1, 0.15) is 11.6 Å². The lowest BCUT2D eigenvalue weighted by Gasteiger charge is -2.09. The van der Waals surface area contributed by atoms with Crippen LogP contribution in [0.25, 0.3) is 11.0 Å². The van der Waals surface area contributed by atoms with Crippen LogP contribution in [-0.4, -0.2) is 28.6 Å².